The zero-order chi connectivity index (χ0) is 14.5. The van der Waals surface area contributed by atoms with E-state index in [9.17, 15) is 4.39 Å². The molecule has 0 aliphatic rings. The van der Waals surface area contributed by atoms with Crippen LogP contribution in [0.25, 0.3) is 0 Å². The van der Waals surface area contributed by atoms with Crippen molar-refractivity contribution in [2.75, 3.05) is 0 Å². The van der Waals surface area contributed by atoms with Crippen molar-refractivity contribution in [2.24, 2.45) is 0 Å². The number of hydrogen-bond acceptors (Lipinski definition) is 2. The fourth-order valence-electron chi connectivity index (χ4n) is 2.00. The normalized spacial score (nSPS) is 12.4. The van der Waals surface area contributed by atoms with E-state index in [0.717, 1.165) is 16.7 Å². The van der Waals surface area contributed by atoms with Crippen LogP contribution in [0, 0.1) is 5.82 Å². The van der Waals surface area contributed by atoms with Gasteiger partial charge in [-0.2, -0.15) is 0 Å². The van der Waals surface area contributed by atoms with Crippen LogP contribution in [0.1, 0.15) is 29.7 Å². The van der Waals surface area contributed by atoms with Gasteiger partial charge in [0.1, 0.15) is 5.82 Å². The summed E-state index contributed by atoms with van der Waals surface area (Å²) in [5, 5.41) is 12.5. The van der Waals surface area contributed by atoms with E-state index >= 15 is 0 Å². The van der Waals surface area contributed by atoms with E-state index in [1.54, 1.807) is 6.07 Å². The van der Waals surface area contributed by atoms with Crippen LogP contribution in [0.15, 0.2) is 46.9 Å². The third-order valence-electron chi connectivity index (χ3n) is 3.23. The maximum absolute atomic E-state index is 13.4. The molecule has 0 aromatic heterocycles. The molecule has 4 heteroatoms. The lowest BCUT2D eigenvalue weighted by Crippen LogP contribution is -2.18. The average Bonchev–Trinajstić information content (AvgIpc) is 2.48. The summed E-state index contributed by atoms with van der Waals surface area (Å²) in [7, 11) is 0. The number of nitrogens with one attached hydrogen (secondary N) is 1. The highest BCUT2D eigenvalue weighted by Crippen LogP contribution is 2.18. The summed E-state index contributed by atoms with van der Waals surface area (Å²) >= 11 is 3.14. The van der Waals surface area contributed by atoms with Gasteiger partial charge in [0.25, 0.3) is 0 Å². The maximum atomic E-state index is 13.4. The van der Waals surface area contributed by atoms with Gasteiger partial charge in [0.05, 0.1) is 11.1 Å². The predicted octanol–water partition coefficient (Wildman–Crippen LogP) is 3.93. The largest absolute Gasteiger partial charge is 0.392 e. The number of hydrogen-bond donors (Lipinski definition) is 2. The highest BCUT2D eigenvalue weighted by Gasteiger charge is 2.06. The van der Waals surface area contributed by atoms with Crippen LogP contribution in [0.2, 0.25) is 0 Å². The van der Waals surface area contributed by atoms with Gasteiger partial charge >= 0.3 is 0 Å². The first-order chi connectivity index (χ1) is 9.60. The van der Waals surface area contributed by atoms with Gasteiger partial charge in [0.15, 0.2) is 0 Å². The molecular weight excluding hydrogens is 321 g/mol. The van der Waals surface area contributed by atoms with Gasteiger partial charge in [-0.25, -0.2) is 4.39 Å². The molecule has 1 unspecified atom stereocenters. The van der Waals surface area contributed by atoms with Crippen LogP contribution in [0.5, 0.6) is 0 Å². The Hall–Kier alpha value is -1.23. The monoisotopic (exact) mass is 337 g/mol. The van der Waals surface area contributed by atoms with Crippen LogP contribution in [-0.4, -0.2) is 5.11 Å². The van der Waals surface area contributed by atoms with Crippen molar-refractivity contribution in [2.45, 2.75) is 26.1 Å². The van der Waals surface area contributed by atoms with E-state index in [0.29, 0.717) is 11.0 Å². The lowest BCUT2D eigenvalue weighted by atomic mass is 10.1. The maximum Gasteiger partial charge on any atom is 0.137 e. The number of halogens is 2. The minimum atomic E-state index is -0.251. The number of rotatable bonds is 5. The molecule has 0 saturated heterocycles. The standard InChI is InChI=1S/C16H17BrFNO/c1-11(14-4-2-3-13(7-14)10-20)19-9-12-5-6-15(17)16(18)8-12/h2-8,11,19-20H,9-10H2,1H3. The topological polar surface area (TPSA) is 32.3 Å². The number of aliphatic hydroxyl groups excluding tert-OH is 1. The molecule has 20 heavy (non-hydrogen) atoms. The summed E-state index contributed by atoms with van der Waals surface area (Å²) in [6.45, 7) is 2.68. The number of benzene rings is 2. The molecule has 0 fully saturated rings. The Morgan fingerprint density at radius 3 is 2.70 bits per heavy atom. The second kappa shape index (κ2) is 6.97. The Morgan fingerprint density at radius 2 is 2.00 bits per heavy atom. The zero-order valence-electron chi connectivity index (χ0n) is 11.2. The Labute approximate surface area is 126 Å². The zero-order valence-corrected chi connectivity index (χ0v) is 12.8. The van der Waals surface area contributed by atoms with Gasteiger partial charge in [0, 0.05) is 12.6 Å². The van der Waals surface area contributed by atoms with Gasteiger partial charge in [-0.1, -0.05) is 30.3 Å². The first-order valence-electron chi connectivity index (χ1n) is 6.47. The summed E-state index contributed by atoms with van der Waals surface area (Å²) in [5.41, 5.74) is 2.90. The third kappa shape index (κ3) is 3.88. The van der Waals surface area contributed by atoms with E-state index in [2.05, 4.69) is 21.2 Å². The van der Waals surface area contributed by atoms with E-state index in [1.165, 1.54) is 6.07 Å². The quantitative estimate of drug-likeness (QED) is 0.866. The Kier molecular flexibility index (Phi) is 5.29. The Balaban J connectivity index is 2.00. The van der Waals surface area contributed by atoms with Crippen molar-refractivity contribution < 1.29 is 9.50 Å². The predicted molar refractivity (Wildman–Crippen MR) is 81.7 cm³/mol. The van der Waals surface area contributed by atoms with Gasteiger partial charge in [-0.3, -0.25) is 0 Å². The molecule has 0 amide bonds. The molecule has 1 atom stereocenters. The minimum absolute atomic E-state index is 0.0402. The molecule has 0 spiro atoms. The smallest absolute Gasteiger partial charge is 0.137 e. The molecule has 0 heterocycles. The highest BCUT2D eigenvalue weighted by atomic mass is 79.9. The van der Waals surface area contributed by atoms with E-state index in [1.807, 2.05) is 37.3 Å². The van der Waals surface area contributed by atoms with E-state index < -0.39 is 0 Å². The molecule has 2 nitrogen and oxygen atoms in total. The molecule has 0 aliphatic carbocycles. The second-order valence-electron chi connectivity index (χ2n) is 4.75. The van der Waals surface area contributed by atoms with Gasteiger partial charge in [-0.05, 0) is 51.7 Å². The Bertz CT molecular complexity index is 588. The van der Waals surface area contributed by atoms with Crippen LogP contribution >= 0.6 is 15.9 Å². The van der Waals surface area contributed by atoms with Crippen LogP contribution < -0.4 is 5.32 Å². The molecule has 2 rings (SSSR count). The van der Waals surface area contributed by atoms with Gasteiger partial charge < -0.3 is 10.4 Å². The third-order valence-corrected chi connectivity index (χ3v) is 3.87. The molecule has 0 aliphatic heterocycles. The fourth-order valence-corrected chi connectivity index (χ4v) is 2.25. The summed E-state index contributed by atoms with van der Waals surface area (Å²) in [6.07, 6.45) is 0. The molecule has 2 N–H and O–H groups in total. The van der Waals surface area contributed by atoms with Crippen molar-refractivity contribution in [3.8, 4) is 0 Å². The average molecular weight is 338 g/mol. The van der Waals surface area contributed by atoms with Crippen molar-refractivity contribution in [3.63, 3.8) is 0 Å². The van der Waals surface area contributed by atoms with Gasteiger partial charge in [-0.15, -0.1) is 0 Å². The lowest BCUT2D eigenvalue weighted by Gasteiger charge is -2.15. The number of aliphatic hydroxyl groups is 1. The van der Waals surface area contributed by atoms with Crippen LogP contribution in [-0.2, 0) is 13.2 Å². The van der Waals surface area contributed by atoms with E-state index in [-0.39, 0.29) is 18.5 Å². The minimum Gasteiger partial charge on any atom is -0.392 e. The Morgan fingerprint density at radius 1 is 1.20 bits per heavy atom. The molecule has 106 valence electrons. The molecular formula is C16H17BrFNO. The first-order valence-corrected chi connectivity index (χ1v) is 7.26. The molecule has 0 bridgehead atoms. The second-order valence-corrected chi connectivity index (χ2v) is 5.61. The highest BCUT2D eigenvalue weighted by molar-refractivity contribution is 9.10. The molecule has 0 saturated carbocycles. The lowest BCUT2D eigenvalue weighted by molar-refractivity contribution is 0.281. The van der Waals surface area contributed by atoms with Crippen molar-refractivity contribution in [3.05, 3.63) is 69.4 Å². The summed E-state index contributed by atoms with van der Waals surface area (Å²) in [6, 6.07) is 13.1. The molecule has 2 aromatic carbocycles. The SMILES string of the molecule is CC(NCc1ccc(Br)c(F)c1)c1cccc(CO)c1. The summed E-state index contributed by atoms with van der Waals surface area (Å²) in [5.74, 6) is -0.251. The fraction of sp³-hybridized carbons (Fsp3) is 0.250. The summed E-state index contributed by atoms with van der Waals surface area (Å²) < 4.78 is 13.9. The van der Waals surface area contributed by atoms with Crippen LogP contribution in [0.4, 0.5) is 4.39 Å². The van der Waals surface area contributed by atoms with Gasteiger partial charge in [0.2, 0.25) is 0 Å². The first kappa shape index (κ1) is 15.2. The van der Waals surface area contributed by atoms with E-state index in [4.69, 9.17) is 5.11 Å². The molecule has 0 radical (unpaired) electrons. The van der Waals surface area contributed by atoms with Crippen LogP contribution in [0.3, 0.4) is 0 Å². The molecule has 2 aromatic rings. The van der Waals surface area contributed by atoms with Crippen molar-refractivity contribution in [1.82, 2.24) is 5.32 Å². The summed E-state index contributed by atoms with van der Waals surface area (Å²) in [4.78, 5) is 0. The van der Waals surface area contributed by atoms with Crippen molar-refractivity contribution in [1.29, 1.82) is 0 Å². The van der Waals surface area contributed by atoms with Crippen molar-refractivity contribution >= 4 is 15.9 Å².